The minimum atomic E-state index is -4.51. The molecule has 0 N–H and O–H groups in total. The predicted octanol–water partition coefficient (Wildman–Crippen LogP) is 2.31. The van der Waals surface area contributed by atoms with Crippen LogP contribution in [0.2, 0.25) is 0 Å². The molecule has 0 aromatic carbocycles. The van der Waals surface area contributed by atoms with Crippen molar-refractivity contribution >= 4 is 19.7 Å². The molecule has 21 heavy (non-hydrogen) atoms. The first-order valence-electron chi connectivity index (χ1n) is 5.56. The van der Waals surface area contributed by atoms with Gasteiger partial charge in [-0.15, -0.1) is 10.2 Å². The van der Waals surface area contributed by atoms with Crippen LogP contribution in [0.1, 0.15) is 12.5 Å². The number of nitrogens with zero attached hydrogens (tertiary/aromatic N) is 4. The molecule has 6 nitrogen and oxygen atoms in total. The molecule has 0 saturated carbocycles. The number of halogens is 4. The average molecular weight is 341 g/mol. The number of hydrogen-bond acceptors (Lipinski definition) is 5. The van der Waals surface area contributed by atoms with Crippen LogP contribution in [-0.4, -0.2) is 28.2 Å². The summed E-state index contributed by atoms with van der Waals surface area (Å²) in [4.78, 5) is 3.64. The van der Waals surface area contributed by atoms with Gasteiger partial charge < -0.3 is 0 Å². The van der Waals surface area contributed by atoms with Crippen LogP contribution >= 0.6 is 10.7 Å². The molecule has 2 aromatic heterocycles. The number of hydrogen-bond donors (Lipinski definition) is 0. The molecule has 0 saturated heterocycles. The van der Waals surface area contributed by atoms with Crippen molar-refractivity contribution in [1.29, 1.82) is 0 Å². The molecule has 0 radical (unpaired) electrons. The molecular weight excluding hydrogens is 333 g/mol. The molecule has 2 heterocycles. The summed E-state index contributed by atoms with van der Waals surface area (Å²) in [6, 6.07) is 1.91. The van der Waals surface area contributed by atoms with Crippen LogP contribution in [0.25, 0.3) is 11.5 Å². The quantitative estimate of drug-likeness (QED) is 0.801. The third-order valence-electron chi connectivity index (χ3n) is 2.57. The Morgan fingerprint density at radius 3 is 2.38 bits per heavy atom. The van der Waals surface area contributed by atoms with E-state index in [0.717, 1.165) is 16.7 Å². The summed E-state index contributed by atoms with van der Waals surface area (Å²) < 4.78 is 61.2. The summed E-state index contributed by atoms with van der Waals surface area (Å²) in [5.41, 5.74) is -0.858. The zero-order valence-electron chi connectivity index (χ0n) is 10.5. The van der Waals surface area contributed by atoms with Crippen LogP contribution in [0, 0.1) is 0 Å². The van der Waals surface area contributed by atoms with Gasteiger partial charge in [0, 0.05) is 23.4 Å². The molecule has 0 amide bonds. The monoisotopic (exact) mass is 340 g/mol. The van der Waals surface area contributed by atoms with Crippen molar-refractivity contribution < 1.29 is 21.6 Å². The van der Waals surface area contributed by atoms with Gasteiger partial charge in [0.25, 0.3) is 14.2 Å². The molecule has 11 heteroatoms. The SMILES string of the molecule is CCn1c(-c2ccc(C(F)(F)F)cn2)nnc1S(=O)(=O)Cl. The fraction of sp³-hybridized carbons (Fsp3) is 0.300. The smallest absolute Gasteiger partial charge is 0.296 e. The Balaban J connectivity index is 2.51. The average Bonchev–Trinajstić information content (AvgIpc) is 2.81. The van der Waals surface area contributed by atoms with Crippen molar-refractivity contribution in [2.75, 3.05) is 0 Å². The fourth-order valence-electron chi connectivity index (χ4n) is 1.64. The zero-order valence-corrected chi connectivity index (χ0v) is 12.0. The van der Waals surface area contributed by atoms with E-state index < -0.39 is 25.9 Å². The van der Waals surface area contributed by atoms with Gasteiger partial charge in [-0.1, -0.05) is 0 Å². The second kappa shape index (κ2) is 5.26. The first-order chi connectivity index (χ1) is 9.64. The number of rotatable bonds is 3. The molecular formula is C10H8ClF3N4O2S. The Morgan fingerprint density at radius 1 is 1.29 bits per heavy atom. The van der Waals surface area contributed by atoms with E-state index in [1.54, 1.807) is 6.92 Å². The Hall–Kier alpha value is -1.68. The first-order valence-corrected chi connectivity index (χ1v) is 7.87. The highest BCUT2D eigenvalue weighted by Gasteiger charge is 2.31. The van der Waals surface area contributed by atoms with Crippen LogP contribution in [-0.2, 0) is 21.8 Å². The summed E-state index contributed by atoms with van der Waals surface area (Å²) in [5.74, 6) is 0.0189. The van der Waals surface area contributed by atoms with E-state index in [1.165, 1.54) is 0 Å². The van der Waals surface area contributed by atoms with Crippen molar-refractivity contribution in [2.24, 2.45) is 0 Å². The highest BCUT2D eigenvalue weighted by Crippen LogP contribution is 2.29. The van der Waals surface area contributed by atoms with E-state index in [4.69, 9.17) is 10.7 Å². The Bertz CT molecular complexity index is 756. The van der Waals surface area contributed by atoms with Crippen LogP contribution in [0.4, 0.5) is 13.2 Å². The van der Waals surface area contributed by atoms with Gasteiger partial charge in [0.15, 0.2) is 5.82 Å². The van der Waals surface area contributed by atoms with Crippen LogP contribution in [0.15, 0.2) is 23.5 Å². The molecule has 0 aliphatic heterocycles. The van der Waals surface area contributed by atoms with Gasteiger partial charge in [-0.2, -0.15) is 13.2 Å². The highest BCUT2D eigenvalue weighted by atomic mass is 35.7. The van der Waals surface area contributed by atoms with E-state index in [9.17, 15) is 21.6 Å². The number of pyridine rings is 1. The molecule has 0 atom stereocenters. The minimum Gasteiger partial charge on any atom is -0.296 e. The third-order valence-corrected chi connectivity index (χ3v) is 3.72. The van der Waals surface area contributed by atoms with Crippen molar-refractivity contribution in [1.82, 2.24) is 19.7 Å². The predicted molar refractivity (Wildman–Crippen MR) is 67.0 cm³/mol. The van der Waals surface area contributed by atoms with Crippen LogP contribution in [0.3, 0.4) is 0 Å². The van der Waals surface area contributed by atoms with Crippen molar-refractivity contribution in [3.63, 3.8) is 0 Å². The summed E-state index contributed by atoms with van der Waals surface area (Å²) in [7, 11) is 1.10. The van der Waals surface area contributed by atoms with E-state index in [0.29, 0.717) is 6.20 Å². The standard InChI is InChI=1S/C10H8ClF3N4O2S/c1-2-18-8(16-17-9(18)21(11,19)20)7-4-3-6(5-15-7)10(12,13)14/h3-5H,2H2,1H3. The molecule has 2 rings (SSSR count). The van der Waals surface area contributed by atoms with Crippen molar-refractivity contribution in [2.45, 2.75) is 24.8 Å². The van der Waals surface area contributed by atoms with E-state index in [1.807, 2.05) is 0 Å². The number of alkyl halides is 3. The largest absolute Gasteiger partial charge is 0.417 e. The van der Waals surface area contributed by atoms with Gasteiger partial charge in [0.1, 0.15) is 5.69 Å². The van der Waals surface area contributed by atoms with E-state index in [-0.39, 0.29) is 18.1 Å². The highest BCUT2D eigenvalue weighted by molar-refractivity contribution is 8.13. The lowest BCUT2D eigenvalue weighted by Crippen LogP contribution is -2.08. The normalized spacial score (nSPS) is 12.6. The Morgan fingerprint density at radius 2 is 1.95 bits per heavy atom. The van der Waals surface area contributed by atoms with Gasteiger partial charge in [0.2, 0.25) is 0 Å². The van der Waals surface area contributed by atoms with Gasteiger partial charge in [-0.25, -0.2) is 8.42 Å². The first kappa shape index (κ1) is 15.7. The zero-order chi connectivity index (χ0) is 15.8. The lowest BCUT2D eigenvalue weighted by Gasteiger charge is -2.07. The second-order valence-corrected chi connectivity index (χ2v) is 6.38. The topological polar surface area (TPSA) is 77.7 Å². The van der Waals surface area contributed by atoms with Crippen LogP contribution < -0.4 is 0 Å². The van der Waals surface area contributed by atoms with Crippen LogP contribution in [0.5, 0.6) is 0 Å². The maximum atomic E-state index is 12.5. The third kappa shape index (κ3) is 3.16. The Kier molecular flexibility index (Phi) is 3.93. The molecule has 0 bridgehead atoms. The Labute approximate surface area is 122 Å². The summed E-state index contributed by atoms with van der Waals surface area (Å²) in [6.07, 6.45) is -3.87. The summed E-state index contributed by atoms with van der Waals surface area (Å²) in [6.45, 7) is 1.77. The second-order valence-electron chi connectivity index (χ2n) is 3.92. The summed E-state index contributed by atoms with van der Waals surface area (Å²) in [5, 5.41) is 6.57. The molecule has 0 unspecified atom stereocenters. The van der Waals surface area contributed by atoms with Gasteiger partial charge in [-0.05, 0) is 19.1 Å². The molecule has 0 aliphatic rings. The maximum Gasteiger partial charge on any atom is 0.417 e. The molecule has 0 spiro atoms. The lowest BCUT2D eigenvalue weighted by atomic mass is 10.2. The maximum absolute atomic E-state index is 12.5. The minimum absolute atomic E-state index is 0.0189. The fourth-order valence-corrected chi connectivity index (χ4v) is 2.60. The van der Waals surface area contributed by atoms with E-state index >= 15 is 0 Å². The molecule has 0 aliphatic carbocycles. The van der Waals surface area contributed by atoms with E-state index in [2.05, 4.69) is 15.2 Å². The molecule has 2 aromatic rings. The van der Waals surface area contributed by atoms with Gasteiger partial charge in [0.05, 0.1) is 5.56 Å². The lowest BCUT2D eigenvalue weighted by molar-refractivity contribution is -0.137. The molecule has 114 valence electrons. The van der Waals surface area contributed by atoms with Crippen molar-refractivity contribution in [3.8, 4) is 11.5 Å². The summed E-state index contributed by atoms with van der Waals surface area (Å²) >= 11 is 0. The van der Waals surface area contributed by atoms with Gasteiger partial charge in [-0.3, -0.25) is 9.55 Å². The van der Waals surface area contributed by atoms with Crippen molar-refractivity contribution in [3.05, 3.63) is 23.9 Å². The number of aromatic nitrogens is 4. The van der Waals surface area contributed by atoms with Gasteiger partial charge >= 0.3 is 6.18 Å². The molecule has 0 fully saturated rings.